The third-order valence-corrected chi connectivity index (χ3v) is 5.21. The minimum atomic E-state index is 0. The maximum atomic E-state index is 12.7. The van der Waals surface area contributed by atoms with E-state index in [1.54, 1.807) is 0 Å². The molecule has 0 unspecified atom stereocenters. The van der Waals surface area contributed by atoms with Crippen molar-refractivity contribution >= 4 is 5.78 Å². The van der Waals surface area contributed by atoms with Crippen LogP contribution < -0.4 is 17.0 Å². The Labute approximate surface area is 167 Å². The van der Waals surface area contributed by atoms with Crippen molar-refractivity contribution in [2.24, 2.45) is 0 Å². The van der Waals surface area contributed by atoms with Crippen molar-refractivity contribution in [2.45, 2.75) is 38.6 Å². The third kappa shape index (κ3) is 4.84. The number of fused-ring (bicyclic) bond motifs is 1. The number of aryl methyl sites for hydroxylation is 2. The Bertz CT molecular complexity index is 903. The van der Waals surface area contributed by atoms with Crippen molar-refractivity contribution < 1.29 is 21.8 Å². The van der Waals surface area contributed by atoms with Crippen molar-refractivity contribution in [1.82, 2.24) is 0 Å². The van der Waals surface area contributed by atoms with Crippen molar-refractivity contribution in [3.05, 3.63) is 101 Å². The van der Waals surface area contributed by atoms with E-state index in [1.807, 2.05) is 29.1 Å². The van der Waals surface area contributed by atoms with Crippen molar-refractivity contribution in [1.29, 1.82) is 0 Å². The van der Waals surface area contributed by atoms with Gasteiger partial charge in [-0.2, -0.15) is 4.57 Å². The first-order chi connectivity index (χ1) is 12.8. The summed E-state index contributed by atoms with van der Waals surface area (Å²) in [5.74, 6) is 0.180. The van der Waals surface area contributed by atoms with Gasteiger partial charge < -0.3 is 12.4 Å². The molecule has 2 aromatic carbocycles. The zero-order chi connectivity index (χ0) is 17.8. The van der Waals surface area contributed by atoms with Crippen LogP contribution in [-0.2, 0) is 25.8 Å². The molecule has 0 saturated carbocycles. The Kier molecular flexibility index (Phi) is 6.41. The number of Topliss-reactive ketones (excluding diaryl/α,β-unsaturated/α-hetero) is 1. The van der Waals surface area contributed by atoms with Gasteiger partial charge in [0.2, 0.25) is 12.3 Å². The fraction of sp³-hybridized carbons (Fsp3) is 0.250. The molecule has 1 heterocycles. The molecule has 2 nitrogen and oxygen atoms in total. The summed E-state index contributed by atoms with van der Waals surface area (Å²) in [5.41, 5.74) is 6.19. The van der Waals surface area contributed by atoms with Crippen molar-refractivity contribution in [2.75, 3.05) is 0 Å². The predicted molar refractivity (Wildman–Crippen MR) is 103 cm³/mol. The number of benzene rings is 2. The highest BCUT2D eigenvalue weighted by molar-refractivity contribution is 5.95. The van der Waals surface area contributed by atoms with Gasteiger partial charge >= 0.3 is 0 Å². The van der Waals surface area contributed by atoms with E-state index in [2.05, 4.69) is 48.5 Å². The molecule has 0 bridgehead atoms. The highest BCUT2D eigenvalue weighted by Crippen LogP contribution is 2.22. The van der Waals surface area contributed by atoms with E-state index in [4.69, 9.17) is 0 Å². The van der Waals surface area contributed by atoms with Crippen molar-refractivity contribution in [3.63, 3.8) is 0 Å². The lowest BCUT2D eigenvalue weighted by molar-refractivity contribution is -0.683. The summed E-state index contributed by atoms with van der Waals surface area (Å²) >= 11 is 0. The van der Waals surface area contributed by atoms with E-state index in [0.717, 1.165) is 24.8 Å². The van der Waals surface area contributed by atoms with Gasteiger partial charge in [-0.1, -0.05) is 42.5 Å². The number of hydrogen-bond acceptors (Lipinski definition) is 1. The average molecular weight is 378 g/mol. The van der Waals surface area contributed by atoms with Gasteiger partial charge in [-0.15, -0.1) is 0 Å². The Morgan fingerprint density at radius 3 is 2.22 bits per heavy atom. The van der Waals surface area contributed by atoms with Gasteiger partial charge in [0.15, 0.2) is 12.4 Å². The molecule has 4 rings (SSSR count). The van der Waals surface area contributed by atoms with Gasteiger partial charge in [0.25, 0.3) is 0 Å². The highest BCUT2D eigenvalue weighted by Gasteiger charge is 2.16. The summed E-state index contributed by atoms with van der Waals surface area (Å²) in [5, 5.41) is 0. The minimum Gasteiger partial charge on any atom is -1.00 e. The van der Waals surface area contributed by atoms with Gasteiger partial charge in [-0.3, -0.25) is 4.79 Å². The molecular weight excluding hydrogens is 354 g/mol. The molecule has 0 spiro atoms. The number of hydrogen-bond donors (Lipinski definition) is 0. The maximum absolute atomic E-state index is 12.7. The summed E-state index contributed by atoms with van der Waals surface area (Å²) in [6.45, 7) is 0.393. The van der Waals surface area contributed by atoms with Gasteiger partial charge in [0, 0.05) is 17.7 Å². The molecule has 3 heteroatoms. The van der Waals surface area contributed by atoms with Gasteiger partial charge in [0.05, 0.1) is 0 Å². The molecule has 0 amide bonds. The number of halogens is 1. The van der Waals surface area contributed by atoms with E-state index in [1.165, 1.54) is 35.1 Å². The molecule has 138 valence electrons. The number of pyridine rings is 1. The number of ketones is 1. The van der Waals surface area contributed by atoms with Crippen LogP contribution in [0.4, 0.5) is 0 Å². The van der Waals surface area contributed by atoms with Crippen LogP contribution in [0.3, 0.4) is 0 Å². The van der Waals surface area contributed by atoms with Crippen LogP contribution in [0.15, 0.2) is 73.1 Å². The number of carbonyl (C=O) groups excluding carboxylic acids is 1. The number of rotatable bonds is 5. The summed E-state index contributed by atoms with van der Waals surface area (Å²) < 4.78 is 1.97. The molecule has 0 N–H and O–H groups in total. The molecule has 0 radical (unpaired) electrons. The second kappa shape index (κ2) is 8.96. The largest absolute Gasteiger partial charge is 1.00 e. The van der Waals surface area contributed by atoms with E-state index in [9.17, 15) is 4.79 Å². The molecule has 27 heavy (non-hydrogen) atoms. The maximum Gasteiger partial charge on any atom is 0.227 e. The van der Waals surface area contributed by atoms with E-state index in [-0.39, 0.29) is 18.2 Å². The second-order valence-electron chi connectivity index (χ2n) is 7.15. The summed E-state index contributed by atoms with van der Waals surface area (Å²) in [7, 11) is 0. The Hall–Kier alpha value is -2.45. The first-order valence-electron chi connectivity index (χ1n) is 9.45. The van der Waals surface area contributed by atoms with Crippen LogP contribution in [0, 0.1) is 0 Å². The average Bonchev–Trinajstić information content (AvgIpc) is 2.70. The third-order valence-electron chi connectivity index (χ3n) is 5.21. The molecule has 0 fully saturated rings. The monoisotopic (exact) mass is 377 g/mol. The van der Waals surface area contributed by atoms with E-state index >= 15 is 0 Å². The van der Waals surface area contributed by atoms with Crippen LogP contribution in [0.25, 0.3) is 0 Å². The smallest absolute Gasteiger partial charge is 0.227 e. The van der Waals surface area contributed by atoms with E-state index in [0.29, 0.717) is 6.54 Å². The topological polar surface area (TPSA) is 20.9 Å². The molecule has 1 aliphatic rings. The number of carbonyl (C=O) groups is 1. The van der Waals surface area contributed by atoms with Gasteiger partial charge in [0.1, 0.15) is 0 Å². The molecule has 0 aliphatic heterocycles. The quantitative estimate of drug-likeness (QED) is 0.485. The molecule has 3 aromatic rings. The Morgan fingerprint density at radius 1 is 0.815 bits per heavy atom. The van der Waals surface area contributed by atoms with Gasteiger partial charge in [-0.25, -0.2) is 0 Å². The van der Waals surface area contributed by atoms with Crippen LogP contribution in [0.1, 0.15) is 45.5 Å². The first kappa shape index (κ1) is 19.3. The minimum absolute atomic E-state index is 0. The Balaban J connectivity index is 0.00000210. The lowest BCUT2D eigenvalue weighted by Gasteiger charge is -2.15. The summed E-state index contributed by atoms with van der Waals surface area (Å²) in [6.07, 6.45) is 9.70. The normalized spacial score (nSPS) is 12.7. The highest BCUT2D eigenvalue weighted by atomic mass is 35.5. The zero-order valence-electron chi connectivity index (χ0n) is 15.4. The number of nitrogens with zero attached hydrogens (tertiary/aromatic N) is 1. The summed E-state index contributed by atoms with van der Waals surface area (Å²) in [4.78, 5) is 12.7. The molecule has 0 atom stereocenters. The van der Waals surface area contributed by atoms with Crippen LogP contribution in [0.2, 0.25) is 0 Å². The lowest BCUT2D eigenvalue weighted by atomic mass is 9.90. The summed E-state index contributed by atoms with van der Waals surface area (Å²) in [6, 6.07) is 20.9. The fourth-order valence-corrected chi connectivity index (χ4v) is 3.71. The van der Waals surface area contributed by atoms with E-state index < -0.39 is 0 Å². The zero-order valence-corrected chi connectivity index (χ0v) is 16.2. The second-order valence-corrected chi connectivity index (χ2v) is 7.15. The van der Waals surface area contributed by atoms with Crippen LogP contribution >= 0.6 is 0 Å². The lowest BCUT2D eigenvalue weighted by Crippen LogP contribution is -3.00. The molecule has 1 aromatic heterocycles. The van der Waals surface area contributed by atoms with Crippen LogP contribution in [0.5, 0.6) is 0 Å². The van der Waals surface area contributed by atoms with Gasteiger partial charge in [-0.05, 0) is 60.4 Å². The molecular formula is C24H24ClNO. The van der Waals surface area contributed by atoms with Crippen molar-refractivity contribution in [3.8, 4) is 0 Å². The standard InChI is InChI=1S/C24H24NO.ClH/c26-24(23-11-10-21-8-4-5-9-22(21)17-23)18-25-14-12-20(13-15-25)16-19-6-2-1-3-7-19;/h1-3,6-7,10-15,17H,4-5,8-9,16,18H2;1H/q+1;/p-1. The van der Waals surface area contributed by atoms with Crippen LogP contribution in [-0.4, -0.2) is 5.78 Å². The Morgan fingerprint density at radius 2 is 1.48 bits per heavy atom. The molecule has 1 aliphatic carbocycles. The predicted octanol–water partition coefficient (Wildman–Crippen LogP) is 1.33. The SMILES string of the molecule is O=C(C[n+]1ccc(Cc2ccccc2)cc1)c1ccc2c(c1)CCCC2.[Cl-]. The molecule has 0 saturated heterocycles. The first-order valence-corrected chi connectivity index (χ1v) is 9.45. The number of aromatic nitrogens is 1. The fourth-order valence-electron chi connectivity index (χ4n) is 3.71.